The van der Waals surface area contributed by atoms with Crippen molar-refractivity contribution in [2.75, 3.05) is 13.1 Å². The Morgan fingerprint density at radius 2 is 1.71 bits per heavy atom. The van der Waals surface area contributed by atoms with Crippen LogP contribution in [0.25, 0.3) is 0 Å². The molecule has 2 nitrogen and oxygen atoms in total. The summed E-state index contributed by atoms with van der Waals surface area (Å²) in [6.45, 7) is 5.91. The van der Waals surface area contributed by atoms with Crippen LogP contribution in [-0.4, -0.2) is 28.0 Å². The maximum Gasteiger partial charge on any atom is 0.0923 e. The van der Waals surface area contributed by atoms with Crippen molar-refractivity contribution >= 4 is 34.4 Å². The first-order chi connectivity index (χ1) is 8.11. The molecule has 2 N–H and O–H groups in total. The fourth-order valence-corrected chi connectivity index (χ4v) is 2.64. The molecule has 1 aromatic rings. The highest BCUT2D eigenvalue weighted by Crippen LogP contribution is 2.20. The van der Waals surface area contributed by atoms with Gasteiger partial charge in [0.15, 0.2) is 0 Å². The second-order valence-corrected chi connectivity index (χ2v) is 4.65. The molecule has 0 aromatic heterocycles. The standard InChI is InChI=1S/C13H18N2S2/c1-3-15(4-2)13(17)11(12(14)16)10-8-6-5-7-9-10/h5-9,11H,3-4H2,1-2H3,(H2,14,16). The van der Waals surface area contributed by atoms with Crippen LogP contribution in [0, 0.1) is 0 Å². The second kappa shape index (κ2) is 6.67. The van der Waals surface area contributed by atoms with E-state index in [9.17, 15) is 0 Å². The number of rotatable bonds is 5. The highest BCUT2D eigenvalue weighted by Gasteiger charge is 2.22. The summed E-state index contributed by atoms with van der Waals surface area (Å²) in [5, 5.41) is 0. The lowest BCUT2D eigenvalue weighted by Crippen LogP contribution is -2.38. The fraction of sp³-hybridized carbons (Fsp3) is 0.385. The summed E-state index contributed by atoms with van der Waals surface area (Å²) in [5.41, 5.74) is 6.90. The van der Waals surface area contributed by atoms with Crippen molar-refractivity contribution in [3.05, 3.63) is 35.9 Å². The number of nitrogens with zero attached hydrogens (tertiary/aromatic N) is 1. The van der Waals surface area contributed by atoms with Crippen LogP contribution in [0.2, 0.25) is 0 Å². The molecule has 0 bridgehead atoms. The third-order valence-corrected chi connectivity index (χ3v) is 3.47. The van der Waals surface area contributed by atoms with Gasteiger partial charge in [-0.25, -0.2) is 0 Å². The van der Waals surface area contributed by atoms with Gasteiger partial charge in [-0.3, -0.25) is 0 Å². The molecule has 0 aliphatic carbocycles. The van der Waals surface area contributed by atoms with Gasteiger partial charge in [-0.05, 0) is 19.4 Å². The van der Waals surface area contributed by atoms with Crippen LogP contribution >= 0.6 is 24.4 Å². The number of likely N-dealkylation sites (N-methyl/N-ethyl adjacent to an activating group) is 1. The van der Waals surface area contributed by atoms with Gasteiger partial charge in [0.1, 0.15) is 0 Å². The average molecular weight is 266 g/mol. The van der Waals surface area contributed by atoms with Gasteiger partial charge in [0.05, 0.1) is 15.9 Å². The maximum atomic E-state index is 5.83. The van der Waals surface area contributed by atoms with Gasteiger partial charge < -0.3 is 10.6 Å². The molecule has 0 saturated carbocycles. The Morgan fingerprint density at radius 3 is 2.12 bits per heavy atom. The Kier molecular flexibility index (Phi) is 5.51. The van der Waals surface area contributed by atoms with Crippen LogP contribution in [-0.2, 0) is 0 Å². The Balaban J connectivity index is 3.02. The first-order valence-electron chi connectivity index (χ1n) is 5.74. The number of thiocarbonyl (C=S) groups is 2. The van der Waals surface area contributed by atoms with Gasteiger partial charge in [-0.2, -0.15) is 0 Å². The fourth-order valence-electron chi connectivity index (χ4n) is 1.79. The molecule has 1 rings (SSSR count). The van der Waals surface area contributed by atoms with Gasteiger partial charge >= 0.3 is 0 Å². The van der Waals surface area contributed by atoms with Crippen molar-refractivity contribution < 1.29 is 0 Å². The summed E-state index contributed by atoms with van der Waals surface area (Å²) in [7, 11) is 0. The van der Waals surface area contributed by atoms with Crippen molar-refractivity contribution in [3.8, 4) is 0 Å². The quantitative estimate of drug-likeness (QED) is 0.830. The predicted octanol–water partition coefficient (Wildman–Crippen LogP) is 2.73. The summed E-state index contributed by atoms with van der Waals surface area (Å²) in [6.07, 6.45) is 0. The lowest BCUT2D eigenvalue weighted by molar-refractivity contribution is 0.465. The molecule has 92 valence electrons. The summed E-state index contributed by atoms with van der Waals surface area (Å²) >= 11 is 10.7. The zero-order valence-electron chi connectivity index (χ0n) is 10.2. The lowest BCUT2D eigenvalue weighted by Gasteiger charge is -2.27. The van der Waals surface area contributed by atoms with E-state index in [4.69, 9.17) is 30.2 Å². The summed E-state index contributed by atoms with van der Waals surface area (Å²) in [4.78, 5) is 3.37. The van der Waals surface area contributed by atoms with Crippen molar-refractivity contribution in [1.82, 2.24) is 4.90 Å². The van der Waals surface area contributed by atoms with E-state index in [1.165, 1.54) is 0 Å². The predicted molar refractivity (Wildman–Crippen MR) is 81.5 cm³/mol. The minimum Gasteiger partial charge on any atom is -0.392 e. The minimum atomic E-state index is -0.138. The van der Waals surface area contributed by atoms with Crippen LogP contribution < -0.4 is 5.73 Å². The molecule has 1 aromatic carbocycles. The normalized spacial score (nSPS) is 11.9. The molecule has 0 saturated heterocycles. The first-order valence-corrected chi connectivity index (χ1v) is 6.56. The topological polar surface area (TPSA) is 29.3 Å². The van der Waals surface area contributed by atoms with E-state index in [0.29, 0.717) is 4.99 Å². The van der Waals surface area contributed by atoms with Gasteiger partial charge in [-0.1, -0.05) is 54.8 Å². The van der Waals surface area contributed by atoms with E-state index in [-0.39, 0.29) is 5.92 Å². The lowest BCUT2D eigenvalue weighted by atomic mass is 9.98. The SMILES string of the molecule is CCN(CC)C(=S)C(C(N)=S)c1ccccc1. The molecule has 0 aliphatic rings. The van der Waals surface area contributed by atoms with Crippen molar-refractivity contribution in [1.29, 1.82) is 0 Å². The van der Waals surface area contributed by atoms with Crippen LogP contribution in [0.15, 0.2) is 30.3 Å². The summed E-state index contributed by atoms with van der Waals surface area (Å²) < 4.78 is 0. The van der Waals surface area contributed by atoms with Crippen molar-refractivity contribution in [2.45, 2.75) is 19.8 Å². The third kappa shape index (κ3) is 3.48. The molecule has 0 radical (unpaired) electrons. The van der Waals surface area contributed by atoms with Gasteiger partial charge in [0.2, 0.25) is 0 Å². The van der Waals surface area contributed by atoms with Crippen LogP contribution in [0.5, 0.6) is 0 Å². The third-order valence-electron chi connectivity index (χ3n) is 2.74. The van der Waals surface area contributed by atoms with Crippen LogP contribution in [0.1, 0.15) is 25.3 Å². The molecular weight excluding hydrogens is 248 g/mol. The number of benzene rings is 1. The number of hydrogen-bond donors (Lipinski definition) is 1. The van der Waals surface area contributed by atoms with Crippen LogP contribution in [0.3, 0.4) is 0 Å². The zero-order chi connectivity index (χ0) is 12.8. The smallest absolute Gasteiger partial charge is 0.0923 e. The molecule has 1 unspecified atom stereocenters. The largest absolute Gasteiger partial charge is 0.392 e. The molecule has 0 aliphatic heterocycles. The first kappa shape index (κ1) is 14.1. The monoisotopic (exact) mass is 266 g/mol. The number of hydrogen-bond acceptors (Lipinski definition) is 2. The zero-order valence-corrected chi connectivity index (χ0v) is 11.9. The van der Waals surface area contributed by atoms with E-state index >= 15 is 0 Å². The van der Waals surface area contributed by atoms with E-state index < -0.39 is 0 Å². The molecule has 0 heterocycles. The molecule has 0 spiro atoms. The van der Waals surface area contributed by atoms with E-state index in [0.717, 1.165) is 23.6 Å². The molecule has 1 atom stereocenters. The molecular formula is C13H18N2S2. The highest BCUT2D eigenvalue weighted by molar-refractivity contribution is 7.82. The maximum absolute atomic E-state index is 5.83. The van der Waals surface area contributed by atoms with Gasteiger partial charge in [0.25, 0.3) is 0 Å². The second-order valence-electron chi connectivity index (χ2n) is 3.76. The molecule has 0 amide bonds. The Hall–Kier alpha value is -1.00. The minimum absolute atomic E-state index is 0.138. The van der Waals surface area contributed by atoms with E-state index in [2.05, 4.69) is 18.7 Å². The van der Waals surface area contributed by atoms with Crippen LogP contribution in [0.4, 0.5) is 0 Å². The number of nitrogens with two attached hydrogens (primary N) is 1. The summed E-state index contributed by atoms with van der Waals surface area (Å²) in [6, 6.07) is 9.96. The Labute approximate surface area is 114 Å². The van der Waals surface area contributed by atoms with E-state index in [1.807, 2.05) is 30.3 Å². The molecule has 0 fully saturated rings. The average Bonchev–Trinajstić information content (AvgIpc) is 2.31. The van der Waals surface area contributed by atoms with Gasteiger partial charge in [0, 0.05) is 13.1 Å². The van der Waals surface area contributed by atoms with Crippen molar-refractivity contribution in [3.63, 3.8) is 0 Å². The van der Waals surface area contributed by atoms with Gasteiger partial charge in [-0.15, -0.1) is 0 Å². The van der Waals surface area contributed by atoms with Crippen molar-refractivity contribution in [2.24, 2.45) is 5.73 Å². The molecule has 17 heavy (non-hydrogen) atoms. The highest BCUT2D eigenvalue weighted by atomic mass is 32.1. The molecule has 4 heteroatoms. The Bertz CT molecular complexity index is 386. The summed E-state index contributed by atoms with van der Waals surface area (Å²) in [5.74, 6) is -0.138. The van der Waals surface area contributed by atoms with E-state index in [1.54, 1.807) is 0 Å². The Morgan fingerprint density at radius 1 is 1.18 bits per heavy atom.